The van der Waals surface area contributed by atoms with Crippen LogP contribution in [0.15, 0.2) is 59.1 Å². The molecule has 2 aromatic rings. The Morgan fingerprint density at radius 2 is 1.89 bits per heavy atom. The van der Waals surface area contributed by atoms with Gasteiger partial charge in [-0.15, -0.1) is 0 Å². The topological polar surface area (TPSA) is 55.8 Å². The van der Waals surface area contributed by atoms with Crippen LogP contribution in [-0.4, -0.2) is 30.6 Å². The third kappa shape index (κ3) is 4.16. The first-order valence-electron chi connectivity index (χ1n) is 8.82. The van der Waals surface area contributed by atoms with Crippen molar-refractivity contribution in [3.63, 3.8) is 0 Å². The molecule has 27 heavy (non-hydrogen) atoms. The number of hydrogen-bond acceptors (Lipinski definition) is 4. The van der Waals surface area contributed by atoms with Gasteiger partial charge in [0.05, 0.1) is 19.7 Å². The van der Waals surface area contributed by atoms with Gasteiger partial charge in [-0.1, -0.05) is 58.4 Å². The Bertz CT molecular complexity index is 809. The lowest BCUT2D eigenvalue weighted by Gasteiger charge is -2.28. The van der Waals surface area contributed by atoms with Gasteiger partial charge in [-0.2, -0.15) is 0 Å². The normalized spacial score (nSPS) is 20.3. The van der Waals surface area contributed by atoms with E-state index in [1.54, 1.807) is 4.90 Å². The molecule has 1 saturated heterocycles. The number of amides is 1. The Hall–Kier alpha value is -2.34. The molecule has 6 heteroatoms. The van der Waals surface area contributed by atoms with E-state index in [0.29, 0.717) is 13.0 Å². The van der Waals surface area contributed by atoms with Gasteiger partial charge < -0.3 is 9.47 Å². The molecule has 0 aromatic heterocycles. The van der Waals surface area contributed by atoms with E-state index in [4.69, 9.17) is 9.47 Å². The second-order valence-electron chi connectivity index (χ2n) is 6.66. The smallest absolute Gasteiger partial charge is 0.411 e. The first-order chi connectivity index (χ1) is 12.9. The first-order valence-corrected chi connectivity index (χ1v) is 9.62. The zero-order valence-electron chi connectivity index (χ0n) is 15.4. The third-order valence-corrected chi connectivity index (χ3v) is 5.55. The molecule has 0 radical (unpaired) electrons. The fourth-order valence-electron chi connectivity index (χ4n) is 3.39. The fourth-order valence-corrected chi connectivity index (χ4v) is 3.65. The molecule has 142 valence electrons. The van der Waals surface area contributed by atoms with Gasteiger partial charge in [0.1, 0.15) is 0 Å². The summed E-state index contributed by atoms with van der Waals surface area (Å²) >= 11 is 3.43. The van der Waals surface area contributed by atoms with Crippen molar-refractivity contribution in [3.8, 4) is 0 Å². The molecule has 5 nitrogen and oxygen atoms in total. The fraction of sp³-hybridized carbons (Fsp3) is 0.333. The Morgan fingerprint density at radius 1 is 1.22 bits per heavy atom. The number of hydrogen-bond donors (Lipinski definition) is 0. The molecule has 1 unspecified atom stereocenters. The highest BCUT2D eigenvalue weighted by atomic mass is 79.9. The lowest BCUT2D eigenvalue weighted by Crippen LogP contribution is -2.34. The maximum atomic E-state index is 12.7. The maximum Gasteiger partial charge on any atom is 0.411 e. The predicted octanol–water partition coefficient (Wildman–Crippen LogP) is 4.81. The molecule has 2 aromatic carbocycles. The first kappa shape index (κ1) is 19.4. The number of carbonyl (C=O) groups excluding carboxylic acids is 2. The van der Waals surface area contributed by atoms with Crippen LogP contribution in [0, 0.1) is 0 Å². The molecule has 1 aliphatic rings. The zero-order valence-corrected chi connectivity index (χ0v) is 16.9. The van der Waals surface area contributed by atoms with Crippen molar-refractivity contribution in [1.82, 2.24) is 4.90 Å². The van der Waals surface area contributed by atoms with Crippen LogP contribution in [0.2, 0.25) is 0 Å². The zero-order chi connectivity index (χ0) is 19.4. The van der Waals surface area contributed by atoms with Crippen molar-refractivity contribution in [2.45, 2.75) is 31.4 Å². The van der Waals surface area contributed by atoms with Crippen LogP contribution < -0.4 is 0 Å². The molecular weight excluding hydrogens is 410 g/mol. The Balaban J connectivity index is 1.88. The predicted molar refractivity (Wildman–Crippen MR) is 105 cm³/mol. The molecular formula is C21H22BrNO4. The monoisotopic (exact) mass is 431 g/mol. The quantitative estimate of drug-likeness (QED) is 0.615. The van der Waals surface area contributed by atoms with Crippen molar-refractivity contribution in [3.05, 3.63) is 70.2 Å². The van der Waals surface area contributed by atoms with Gasteiger partial charge >= 0.3 is 12.1 Å². The van der Waals surface area contributed by atoms with E-state index in [1.807, 2.05) is 61.5 Å². The summed E-state index contributed by atoms with van der Waals surface area (Å²) in [6, 6.07) is 17.3. The summed E-state index contributed by atoms with van der Waals surface area (Å²) in [5, 5.41) is 0. The highest BCUT2D eigenvalue weighted by Crippen LogP contribution is 2.40. The van der Waals surface area contributed by atoms with Crippen LogP contribution in [0.3, 0.4) is 0 Å². The summed E-state index contributed by atoms with van der Waals surface area (Å²) in [6.45, 7) is 2.36. The number of nitrogens with zero attached hydrogens (tertiary/aromatic N) is 1. The molecule has 0 saturated carbocycles. The molecule has 1 amide bonds. The number of halogens is 1. The van der Waals surface area contributed by atoms with Crippen molar-refractivity contribution >= 4 is 28.0 Å². The number of benzene rings is 2. The molecule has 0 spiro atoms. The molecule has 1 fully saturated rings. The van der Waals surface area contributed by atoms with Crippen LogP contribution in [0.25, 0.3) is 0 Å². The summed E-state index contributed by atoms with van der Waals surface area (Å²) < 4.78 is 11.6. The minimum Gasteiger partial charge on any atom is -0.469 e. The summed E-state index contributed by atoms with van der Waals surface area (Å²) in [6.07, 6.45) is 0.178. The minimum atomic E-state index is -0.865. The third-order valence-electron chi connectivity index (χ3n) is 5.02. The van der Waals surface area contributed by atoms with Gasteiger partial charge in [0.25, 0.3) is 0 Å². The highest BCUT2D eigenvalue weighted by molar-refractivity contribution is 9.10. The van der Waals surface area contributed by atoms with Crippen molar-refractivity contribution in [2.75, 3.05) is 13.7 Å². The average Bonchev–Trinajstić information content (AvgIpc) is 3.04. The summed E-state index contributed by atoms with van der Waals surface area (Å²) in [4.78, 5) is 26.2. The van der Waals surface area contributed by atoms with E-state index in [2.05, 4.69) is 15.9 Å². The van der Waals surface area contributed by atoms with E-state index in [9.17, 15) is 9.59 Å². The number of ether oxygens (including phenoxy) is 2. The molecule has 3 rings (SSSR count). The van der Waals surface area contributed by atoms with Gasteiger partial charge in [0, 0.05) is 17.3 Å². The van der Waals surface area contributed by atoms with E-state index in [-0.39, 0.29) is 24.5 Å². The molecule has 0 aliphatic carbocycles. The molecule has 0 N–H and O–H groups in total. The van der Waals surface area contributed by atoms with E-state index >= 15 is 0 Å². The summed E-state index contributed by atoms with van der Waals surface area (Å²) in [5.74, 6) is -0.319. The van der Waals surface area contributed by atoms with Gasteiger partial charge in [-0.05, 0) is 30.2 Å². The van der Waals surface area contributed by atoms with Crippen LogP contribution in [0.1, 0.15) is 36.9 Å². The number of methoxy groups -OCH3 is 1. The van der Waals surface area contributed by atoms with Crippen molar-refractivity contribution in [1.29, 1.82) is 0 Å². The van der Waals surface area contributed by atoms with Gasteiger partial charge in [0.15, 0.2) is 5.60 Å². The second kappa shape index (κ2) is 8.13. The van der Waals surface area contributed by atoms with Gasteiger partial charge in [0.2, 0.25) is 0 Å². The van der Waals surface area contributed by atoms with E-state index < -0.39 is 5.60 Å². The van der Waals surface area contributed by atoms with E-state index in [1.165, 1.54) is 7.11 Å². The number of cyclic esters (lactones) is 1. The van der Waals surface area contributed by atoms with Crippen LogP contribution >= 0.6 is 15.9 Å². The van der Waals surface area contributed by atoms with Crippen molar-refractivity contribution < 1.29 is 19.1 Å². The van der Waals surface area contributed by atoms with Crippen LogP contribution in [0.5, 0.6) is 0 Å². The Labute approximate surface area is 167 Å². The second-order valence-corrected chi connectivity index (χ2v) is 7.58. The maximum absolute atomic E-state index is 12.7. The number of esters is 1. The van der Waals surface area contributed by atoms with Crippen molar-refractivity contribution in [2.24, 2.45) is 0 Å². The minimum absolute atomic E-state index is 0.144. The molecule has 1 heterocycles. The number of carbonyl (C=O) groups is 2. The SMILES string of the molecule is COC(=O)CCC1(c2ccccc2)CN([C@@H](C)c2ccc(Br)cc2)C(=O)O1. The lowest BCUT2D eigenvalue weighted by atomic mass is 9.88. The Kier molecular flexibility index (Phi) is 5.85. The summed E-state index contributed by atoms with van der Waals surface area (Å²) in [7, 11) is 1.36. The molecule has 0 bridgehead atoms. The number of rotatable bonds is 6. The molecule has 1 aliphatic heterocycles. The van der Waals surface area contributed by atoms with Gasteiger partial charge in [-0.25, -0.2) is 4.79 Å². The highest BCUT2D eigenvalue weighted by Gasteiger charge is 2.48. The average molecular weight is 432 g/mol. The molecule has 2 atom stereocenters. The standard InChI is InChI=1S/C21H22BrNO4/c1-15(16-8-10-18(22)11-9-16)23-14-21(27-20(23)25,13-12-19(24)26-2)17-6-4-3-5-7-17/h3-11,15H,12-14H2,1-2H3/t15-,21?/m0/s1. The van der Waals surface area contributed by atoms with Crippen LogP contribution in [0.4, 0.5) is 4.79 Å². The largest absolute Gasteiger partial charge is 0.469 e. The van der Waals surface area contributed by atoms with Crippen LogP contribution in [-0.2, 0) is 19.9 Å². The Morgan fingerprint density at radius 3 is 2.52 bits per heavy atom. The van der Waals surface area contributed by atoms with E-state index in [0.717, 1.165) is 15.6 Å². The lowest BCUT2D eigenvalue weighted by molar-refractivity contribution is -0.141. The summed E-state index contributed by atoms with van der Waals surface area (Å²) in [5.41, 5.74) is 1.04. The van der Waals surface area contributed by atoms with Gasteiger partial charge in [-0.3, -0.25) is 9.69 Å².